The molecule has 0 fully saturated rings. The first-order valence-corrected chi connectivity index (χ1v) is 5.33. The van der Waals surface area contributed by atoms with Gasteiger partial charge in [-0.15, -0.1) is 6.58 Å². The SMILES string of the molecule is C=CCCOCCNC(=O)c1cccnc1F. The van der Waals surface area contributed by atoms with Crippen LogP contribution in [-0.4, -0.2) is 30.6 Å². The summed E-state index contributed by atoms with van der Waals surface area (Å²) in [4.78, 5) is 14.9. The lowest BCUT2D eigenvalue weighted by atomic mass is 10.2. The van der Waals surface area contributed by atoms with Crippen LogP contribution in [0.1, 0.15) is 16.8 Å². The van der Waals surface area contributed by atoms with Crippen LogP contribution >= 0.6 is 0 Å². The van der Waals surface area contributed by atoms with E-state index in [1.807, 2.05) is 0 Å². The molecule has 0 aliphatic heterocycles. The second-order valence-corrected chi connectivity index (χ2v) is 3.29. The highest BCUT2D eigenvalue weighted by Crippen LogP contribution is 2.01. The molecule has 0 aromatic carbocycles. The summed E-state index contributed by atoms with van der Waals surface area (Å²) < 4.78 is 18.3. The molecule has 1 aromatic heterocycles. The molecule has 17 heavy (non-hydrogen) atoms. The van der Waals surface area contributed by atoms with Crippen LogP contribution in [0.2, 0.25) is 0 Å². The van der Waals surface area contributed by atoms with E-state index in [2.05, 4.69) is 16.9 Å². The second kappa shape index (κ2) is 7.51. The Morgan fingerprint density at radius 1 is 1.59 bits per heavy atom. The molecule has 0 radical (unpaired) electrons. The maximum Gasteiger partial charge on any atom is 0.256 e. The van der Waals surface area contributed by atoms with Crippen molar-refractivity contribution in [3.8, 4) is 0 Å². The molecule has 92 valence electrons. The van der Waals surface area contributed by atoms with Gasteiger partial charge < -0.3 is 10.1 Å². The van der Waals surface area contributed by atoms with E-state index in [0.29, 0.717) is 19.8 Å². The summed E-state index contributed by atoms with van der Waals surface area (Å²) in [5.41, 5.74) is -0.0569. The van der Waals surface area contributed by atoms with Gasteiger partial charge in [-0.25, -0.2) is 4.98 Å². The maximum absolute atomic E-state index is 13.1. The van der Waals surface area contributed by atoms with Crippen molar-refractivity contribution in [1.29, 1.82) is 0 Å². The highest BCUT2D eigenvalue weighted by Gasteiger charge is 2.10. The third kappa shape index (κ3) is 4.74. The average Bonchev–Trinajstić information content (AvgIpc) is 2.34. The van der Waals surface area contributed by atoms with Crippen molar-refractivity contribution >= 4 is 5.91 Å². The number of nitrogens with one attached hydrogen (secondary N) is 1. The lowest BCUT2D eigenvalue weighted by molar-refractivity contribution is 0.0913. The monoisotopic (exact) mass is 238 g/mol. The minimum absolute atomic E-state index is 0.0569. The molecule has 0 atom stereocenters. The standard InChI is InChI=1S/C12H15FN2O2/c1-2-3-8-17-9-7-15-12(16)10-5-4-6-14-11(10)13/h2,4-6H,1,3,7-9H2,(H,15,16). The molecule has 0 bridgehead atoms. The Morgan fingerprint density at radius 2 is 2.41 bits per heavy atom. The molecular formula is C12H15FN2O2. The minimum atomic E-state index is -0.766. The smallest absolute Gasteiger partial charge is 0.256 e. The highest BCUT2D eigenvalue weighted by atomic mass is 19.1. The fraction of sp³-hybridized carbons (Fsp3) is 0.333. The molecule has 1 amide bonds. The van der Waals surface area contributed by atoms with Crippen LogP contribution in [0.5, 0.6) is 0 Å². The molecule has 5 heteroatoms. The fourth-order valence-corrected chi connectivity index (χ4v) is 1.16. The van der Waals surface area contributed by atoms with Crippen molar-refractivity contribution in [2.75, 3.05) is 19.8 Å². The van der Waals surface area contributed by atoms with E-state index in [-0.39, 0.29) is 5.56 Å². The van der Waals surface area contributed by atoms with Gasteiger partial charge in [0.15, 0.2) is 0 Å². The van der Waals surface area contributed by atoms with Crippen LogP contribution in [0, 0.1) is 5.95 Å². The number of aromatic nitrogens is 1. The number of amides is 1. The van der Waals surface area contributed by atoms with Crippen molar-refractivity contribution in [2.45, 2.75) is 6.42 Å². The third-order valence-corrected chi connectivity index (χ3v) is 2.00. The number of carbonyl (C=O) groups is 1. The lowest BCUT2D eigenvalue weighted by Crippen LogP contribution is -2.28. The molecule has 4 nitrogen and oxygen atoms in total. The van der Waals surface area contributed by atoms with Crippen molar-refractivity contribution in [1.82, 2.24) is 10.3 Å². The quantitative estimate of drug-likeness (QED) is 0.445. The van der Waals surface area contributed by atoms with Gasteiger partial charge in [-0.3, -0.25) is 4.79 Å². The molecule has 0 saturated carbocycles. The van der Waals surface area contributed by atoms with Gasteiger partial charge in [0, 0.05) is 12.7 Å². The first-order chi connectivity index (χ1) is 8.25. The van der Waals surface area contributed by atoms with E-state index < -0.39 is 11.9 Å². The maximum atomic E-state index is 13.1. The molecule has 0 aliphatic rings. The van der Waals surface area contributed by atoms with Gasteiger partial charge in [0.1, 0.15) is 0 Å². The van der Waals surface area contributed by atoms with Crippen LogP contribution in [0.25, 0.3) is 0 Å². The predicted octanol–water partition coefficient (Wildman–Crippen LogP) is 1.54. The number of rotatable bonds is 7. The minimum Gasteiger partial charge on any atom is -0.379 e. The lowest BCUT2D eigenvalue weighted by Gasteiger charge is -2.05. The summed E-state index contributed by atoms with van der Waals surface area (Å²) in [7, 11) is 0. The Hall–Kier alpha value is -1.75. The number of nitrogens with zero attached hydrogens (tertiary/aromatic N) is 1. The number of ether oxygens (including phenoxy) is 1. The normalized spacial score (nSPS) is 9.94. The van der Waals surface area contributed by atoms with Gasteiger partial charge >= 0.3 is 0 Å². The molecule has 0 spiro atoms. The molecule has 0 saturated heterocycles. The Kier molecular flexibility index (Phi) is 5.88. The zero-order chi connectivity index (χ0) is 12.5. The Balaban J connectivity index is 2.26. The number of pyridine rings is 1. The van der Waals surface area contributed by atoms with Gasteiger partial charge in [0.2, 0.25) is 5.95 Å². The van der Waals surface area contributed by atoms with Crippen LogP contribution in [0.4, 0.5) is 4.39 Å². The first-order valence-electron chi connectivity index (χ1n) is 5.33. The van der Waals surface area contributed by atoms with Crippen LogP contribution < -0.4 is 5.32 Å². The van der Waals surface area contributed by atoms with Crippen molar-refractivity contribution < 1.29 is 13.9 Å². The average molecular weight is 238 g/mol. The molecular weight excluding hydrogens is 223 g/mol. The highest BCUT2D eigenvalue weighted by molar-refractivity contribution is 5.94. The summed E-state index contributed by atoms with van der Waals surface area (Å²) in [6.07, 6.45) is 3.82. The van der Waals surface area contributed by atoms with Crippen molar-refractivity contribution in [3.63, 3.8) is 0 Å². The summed E-state index contributed by atoms with van der Waals surface area (Å²) in [5.74, 6) is -1.25. The van der Waals surface area contributed by atoms with Crippen molar-refractivity contribution in [3.05, 3.63) is 42.5 Å². The van der Waals surface area contributed by atoms with Crippen molar-refractivity contribution in [2.24, 2.45) is 0 Å². The second-order valence-electron chi connectivity index (χ2n) is 3.29. The Bertz CT molecular complexity index is 383. The van der Waals surface area contributed by atoms with E-state index in [4.69, 9.17) is 4.74 Å². The Morgan fingerprint density at radius 3 is 3.12 bits per heavy atom. The topological polar surface area (TPSA) is 51.2 Å². The summed E-state index contributed by atoms with van der Waals surface area (Å²) >= 11 is 0. The van der Waals surface area contributed by atoms with Gasteiger partial charge in [0.05, 0.1) is 18.8 Å². The molecule has 1 rings (SSSR count). The first kappa shape index (κ1) is 13.3. The van der Waals surface area contributed by atoms with E-state index in [9.17, 15) is 9.18 Å². The largest absolute Gasteiger partial charge is 0.379 e. The molecule has 1 N–H and O–H groups in total. The number of hydrogen-bond acceptors (Lipinski definition) is 3. The zero-order valence-corrected chi connectivity index (χ0v) is 9.49. The molecule has 0 unspecified atom stereocenters. The van der Waals surface area contributed by atoms with Gasteiger partial charge in [-0.05, 0) is 18.6 Å². The summed E-state index contributed by atoms with van der Waals surface area (Å²) in [6.45, 7) is 4.86. The fourth-order valence-electron chi connectivity index (χ4n) is 1.16. The predicted molar refractivity (Wildman–Crippen MR) is 62.2 cm³/mol. The summed E-state index contributed by atoms with van der Waals surface area (Å²) in [6, 6.07) is 2.90. The summed E-state index contributed by atoms with van der Waals surface area (Å²) in [5, 5.41) is 2.55. The van der Waals surface area contributed by atoms with E-state index in [1.165, 1.54) is 18.3 Å². The zero-order valence-electron chi connectivity index (χ0n) is 9.49. The van der Waals surface area contributed by atoms with Crippen LogP contribution in [-0.2, 0) is 4.74 Å². The van der Waals surface area contributed by atoms with E-state index >= 15 is 0 Å². The molecule has 1 heterocycles. The van der Waals surface area contributed by atoms with Crippen LogP contribution in [0.3, 0.4) is 0 Å². The van der Waals surface area contributed by atoms with Gasteiger partial charge in [0.25, 0.3) is 5.91 Å². The number of halogens is 1. The van der Waals surface area contributed by atoms with E-state index in [0.717, 1.165) is 6.42 Å². The number of carbonyl (C=O) groups excluding carboxylic acids is 1. The van der Waals surface area contributed by atoms with Gasteiger partial charge in [-0.1, -0.05) is 6.08 Å². The Labute approximate surface area is 99.5 Å². The molecule has 1 aromatic rings. The van der Waals surface area contributed by atoms with Gasteiger partial charge in [-0.2, -0.15) is 4.39 Å². The third-order valence-electron chi connectivity index (χ3n) is 2.00. The van der Waals surface area contributed by atoms with E-state index in [1.54, 1.807) is 6.08 Å². The molecule has 0 aliphatic carbocycles. The van der Waals surface area contributed by atoms with Crippen LogP contribution in [0.15, 0.2) is 31.0 Å². The number of hydrogen-bond donors (Lipinski definition) is 1.